The van der Waals surface area contributed by atoms with E-state index in [0.29, 0.717) is 12.3 Å². The number of aromatic carboxylic acids is 1. The molecule has 4 bridgehead atoms. The van der Waals surface area contributed by atoms with Crippen LogP contribution in [0.25, 0.3) is 5.69 Å². The molecular formula is C26H32N2O3. The van der Waals surface area contributed by atoms with E-state index in [-0.39, 0.29) is 16.8 Å². The number of Topliss-reactive ketones (excluding diaryl/α,β-unsaturated/α-hetero) is 1. The molecule has 0 saturated heterocycles. The van der Waals surface area contributed by atoms with Gasteiger partial charge in [-0.1, -0.05) is 20.8 Å². The number of hydrogen-bond acceptors (Lipinski definition) is 3. The molecule has 6 rings (SSSR count). The summed E-state index contributed by atoms with van der Waals surface area (Å²) in [7, 11) is 0. The molecule has 0 spiro atoms. The Morgan fingerprint density at radius 1 is 1.00 bits per heavy atom. The number of aromatic nitrogens is 2. The number of carboxylic acid groups (broad SMARTS) is 1. The molecule has 4 fully saturated rings. The first-order chi connectivity index (χ1) is 14.7. The van der Waals surface area contributed by atoms with E-state index in [9.17, 15) is 14.7 Å². The molecule has 4 aliphatic carbocycles. The molecule has 0 atom stereocenters. The van der Waals surface area contributed by atoms with Gasteiger partial charge in [-0.05, 0) is 86.0 Å². The zero-order chi connectivity index (χ0) is 21.9. The third kappa shape index (κ3) is 3.62. The number of carbonyl (C=O) groups is 2. The summed E-state index contributed by atoms with van der Waals surface area (Å²) in [6.07, 6.45) is 9.10. The second-order valence-corrected chi connectivity index (χ2v) is 11.1. The Balaban J connectivity index is 1.44. The first-order valence-electron chi connectivity index (χ1n) is 11.7. The zero-order valence-corrected chi connectivity index (χ0v) is 18.7. The highest BCUT2D eigenvalue weighted by Gasteiger charge is 2.48. The van der Waals surface area contributed by atoms with E-state index in [1.165, 1.54) is 32.1 Å². The van der Waals surface area contributed by atoms with Crippen LogP contribution in [0, 0.1) is 29.6 Å². The fourth-order valence-corrected chi connectivity index (χ4v) is 6.91. The van der Waals surface area contributed by atoms with E-state index >= 15 is 0 Å². The molecule has 4 aliphatic rings. The van der Waals surface area contributed by atoms with Gasteiger partial charge < -0.3 is 5.11 Å². The van der Waals surface area contributed by atoms with E-state index in [0.717, 1.165) is 40.6 Å². The van der Waals surface area contributed by atoms with Gasteiger partial charge >= 0.3 is 5.97 Å². The van der Waals surface area contributed by atoms with Crippen LogP contribution < -0.4 is 0 Å². The maximum Gasteiger partial charge on any atom is 0.335 e. The van der Waals surface area contributed by atoms with Gasteiger partial charge in [-0.3, -0.25) is 4.79 Å². The van der Waals surface area contributed by atoms with Gasteiger partial charge in [0.1, 0.15) is 0 Å². The van der Waals surface area contributed by atoms with Crippen molar-refractivity contribution in [3.05, 3.63) is 47.3 Å². The molecule has 1 aromatic heterocycles. The van der Waals surface area contributed by atoms with Crippen LogP contribution in [0.1, 0.15) is 85.7 Å². The molecule has 0 amide bonds. The lowest BCUT2D eigenvalue weighted by atomic mass is 9.51. The first-order valence-corrected chi connectivity index (χ1v) is 11.7. The summed E-state index contributed by atoms with van der Waals surface area (Å²) in [6, 6.07) is 6.69. The molecular weight excluding hydrogens is 388 g/mol. The first kappa shape index (κ1) is 20.5. The Kier molecular flexibility index (Phi) is 4.83. The van der Waals surface area contributed by atoms with Crippen LogP contribution in [-0.2, 0) is 5.41 Å². The van der Waals surface area contributed by atoms with Gasteiger partial charge in [-0.25, -0.2) is 9.48 Å². The number of rotatable bonds is 5. The summed E-state index contributed by atoms with van der Waals surface area (Å²) in [5.41, 5.74) is 2.39. The highest BCUT2D eigenvalue weighted by atomic mass is 16.4. The Morgan fingerprint density at radius 3 is 2.10 bits per heavy atom. The SMILES string of the molecule is CC(C)(C)c1c(C(=O)CC2C3CC4CC(C3)CC2C4)cnn1-c1ccc(C(=O)O)cc1. The number of benzene rings is 1. The van der Waals surface area contributed by atoms with Crippen molar-refractivity contribution in [2.45, 2.75) is 64.7 Å². The molecule has 0 unspecified atom stereocenters. The average Bonchev–Trinajstić information content (AvgIpc) is 3.16. The molecule has 0 radical (unpaired) electrons. The number of nitrogens with zero attached hydrogens (tertiary/aromatic N) is 2. The quantitative estimate of drug-likeness (QED) is 0.647. The Bertz CT molecular complexity index is 984. The lowest BCUT2D eigenvalue weighted by molar-refractivity contribution is -0.0367. The fourth-order valence-electron chi connectivity index (χ4n) is 6.91. The van der Waals surface area contributed by atoms with Gasteiger partial charge in [0.05, 0.1) is 28.7 Å². The predicted octanol–water partition coefficient (Wildman–Crippen LogP) is 5.51. The van der Waals surface area contributed by atoms with Crippen LogP contribution in [0.2, 0.25) is 0 Å². The van der Waals surface area contributed by atoms with Crippen LogP contribution in [0.4, 0.5) is 0 Å². The van der Waals surface area contributed by atoms with Crippen molar-refractivity contribution in [1.29, 1.82) is 0 Å². The maximum atomic E-state index is 13.6. The summed E-state index contributed by atoms with van der Waals surface area (Å²) in [4.78, 5) is 24.8. The average molecular weight is 421 g/mol. The van der Waals surface area contributed by atoms with Gasteiger partial charge in [0, 0.05) is 11.8 Å². The molecule has 164 valence electrons. The highest BCUT2D eigenvalue weighted by molar-refractivity contribution is 5.97. The van der Waals surface area contributed by atoms with Crippen molar-refractivity contribution >= 4 is 11.8 Å². The summed E-state index contributed by atoms with van der Waals surface area (Å²) in [6.45, 7) is 6.31. The summed E-state index contributed by atoms with van der Waals surface area (Å²) < 4.78 is 1.82. The normalized spacial score (nSPS) is 29.3. The minimum Gasteiger partial charge on any atom is -0.478 e. The standard InChI is InChI=1S/C26H32N2O3/c1-26(2,3)24-22(14-27-28(24)20-6-4-17(5-7-20)25(30)31)23(29)13-21-18-9-15-8-16(11-18)12-19(21)10-15/h4-7,14-16,18-19,21H,8-13H2,1-3H3,(H,30,31). The molecule has 31 heavy (non-hydrogen) atoms. The van der Waals surface area contributed by atoms with Crippen molar-refractivity contribution in [3.8, 4) is 5.69 Å². The van der Waals surface area contributed by atoms with E-state index in [1.54, 1.807) is 30.5 Å². The molecule has 5 heteroatoms. The number of hydrogen-bond donors (Lipinski definition) is 1. The minimum absolute atomic E-state index is 0.218. The summed E-state index contributed by atoms with van der Waals surface area (Å²) >= 11 is 0. The van der Waals surface area contributed by atoms with Crippen LogP contribution in [-0.4, -0.2) is 26.6 Å². The van der Waals surface area contributed by atoms with Gasteiger partial charge in [-0.15, -0.1) is 0 Å². The monoisotopic (exact) mass is 420 g/mol. The van der Waals surface area contributed by atoms with Crippen molar-refractivity contribution in [3.63, 3.8) is 0 Å². The minimum atomic E-state index is -0.949. The van der Waals surface area contributed by atoms with Crippen LogP contribution in [0.15, 0.2) is 30.5 Å². The molecule has 0 aliphatic heterocycles. The molecule has 2 aromatic rings. The van der Waals surface area contributed by atoms with E-state index in [4.69, 9.17) is 0 Å². The molecule has 4 saturated carbocycles. The Labute approximate surface area is 183 Å². The second kappa shape index (κ2) is 7.32. The van der Waals surface area contributed by atoms with Crippen molar-refractivity contribution in [1.82, 2.24) is 9.78 Å². The van der Waals surface area contributed by atoms with Crippen molar-refractivity contribution in [2.75, 3.05) is 0 Å². The van der Waals surface area contributed by atoms with E-state index < -0.39 is 5.97 Å². The lowest BCUT2D eigenvalue weighted by Gasteiger charge is -2.54. The fraction of sp³-hybridized carbons (Fsp3) is 0.577. The summed E-state index contributed by atoms with van der Waals surface area (Å²) in [5.74, 6) is 3.09. The van der Waals surface area contributed by atoms with Crippen LogP contribution >= 0.6 is 0 Å². The number of carbonyl (C=O) groups excluding carboxylic acids is 1. The number of ketones is 1. The maximum absolute atomic E-state index is 13.6. The molecule has 1 aromatic carbocycles. The van der Waals surface area contributed by atoms with Crippen LogP contribution in [0.3, 0.4) is 0 Å². The van der Waals surface area contributed by atoms with Crippen LogP contribution in [0.5, 0.6) is 0 Å². The zero-order valence-electron chi connectivity index (χ0n) is 18.7. The third-order valence-electron chi connectivity index (χ3n) is 7.98. The largest absolute Gasteiger partial charge is 0.478 e. The lowest BCUT2D eigenvalue weighted by Crippen LogP contribution is -2.45. The van der Waals surface area contributed by atoms with Gasteiger partial charge in [0.25, 0.3) is 0 Å². The molecule has 1 N–H and O–H groups in total. The van der Waals surface area contributed by atoms with Crippen molar-refractivity contribution < 1.29 is 14.7 Å². The van der Waals surface area contributed by atoms with E-state index in [2.05, 4.69) is 25.9 Å². The Morgan fingerprint density at radius 2 is 1.58 bits per heavy atom. The Hall–Kier alpha value is -2.43. The van der Waals surface area contributed by atoms with Gasteiger partial charge in [0.15, 0.2) is 5.78 Å². The number of carboxylic acids is 1. The van der Waals surface area contributed by atoms with Gasteiger partial charge in [-0.2, -0.15) is 5.10 Å². The van der Waals surface area contributed by atoms with Crippen molar-refractivity contribution in [2.24, 2.45) is 29.6 Å². The third-order valence-corrected chi connectivity index (χ3v) is 7.98. The smallest absolute Gasteiger partial charge is 0.335 e. The van der Waals surface area contributed by atoms with E-state index in [1.807, 2.05) is 4.68 Å². The molecule has 1 heterocycles. The topological polar surface area (TPSA) is 72.2 Å². The molecule has 5 nitrogen and oxygen atoms in total. The second-order valence-electron chi connectivity index (χ2n) is 11.1. The highest BCUT2D eigenvalue weighted by Crippen LogP contribution is 2.57. The summed E-state index contributed by atoms with van der Waals surface area (Å²) in [5, 5.41) is 13.8. The predicted molar refractivity (Wildman–Crippen MR) is 119 cm³/mol. The van der Waals surface area contributed by atoms with Gasteiger partial charge in [0.2, 0.25) is 0 Å².